The van der Waals surface area contributed by atoms with Gasteiger partial charge in [0.2, 0.25) is 0 Å². The molecule has 0 aliphatic heterocycles. The smallest absolute Gasteiger partial charge is 1.00 e. The van der Waals surface area contributed by atoms with Crippen molar-refractivity contribution in [1.29, 1.82) is 0 Å². The van der Waals surface area contributed by atoms with Gasteiger partial charge in [-0.25, -0.2) is 0 Å². The summed E-state index contributed by atoms with van der Waals surface area (Å²) in [5.74, 6) is -2.85. The quantitative estimate of drug-likeness (QED) is 0.171. The normalized spacial score (nSPS) is 10.7. The number of pyridine rings is 4. The number of carboxylic acid groups (broad SMARTS) is 2. The van der Waals surface area contributed by atoms with Crippen LogP contribution in [0.1, 0.15) is 25.7 Å². The minimum atomic E-state index is -1.42. The molecule has 0 fully saturated rings. The Hall–Kier alpha value is -2.93. The molecule has 13 heteroatoms. The standard InChI is InChI=1S/2C10H8N2.C8H14N2O4.ClH.2Pd/c2*1-3-7-11-9(5-1)10-6-2-4-8-12-10;9-5(7(11)12)3-1-2-4-6(10)8(13)14;;;/h2*1-8H;5-6,9-10H,1-4H2,(H,11,12)(H,13,14);1H;;/q;;-2;;2*+2/p-3. The number of unbranched alkanes of at least 4 members (excludes halogenated alkanes) is 1. The van der Waals surface area contributed by atoms with Crippen LogP contribution in [0.2, 0.25) is 0 Å². The van der Waals surface area contributed by atoms with Gasteiger partial charge < -0.3 is 43.7 Å². The molecule has 10 nitrogen and oxygen atoms in total. The van der Waals surface area contributed by atoms with E-state index in [1.807, 2.05) is 72.8 Å². The number of halogens is 1. The molecule has 0 amide bonds. The first-order valence-corrected chi connectivity index (χ1v) is 11.9. The first-order valence-electron chi connectivity index (χ1n) is 11.9. The molecule has 0 radical (unpaired) electrons. The van der Waals surface area contributed by atoms with Crippen LogP contribution in [0, 0.1) is 0 Å². The van der Waals surface area contributed by atoms with Crippen molar-refractivity contribution >= 4 is 11.9 Å². The number of aromatic nitrogens is 4. The fourth-order valence-electron chi connectivity index (χ4n) is 2.99. The van der Waals surface area contributed by atoms with Crippen molar-refractivity contribution in [2.24, 2.45) is 0 Å². The Labute approximate surface area is 273 Å². The van der Waals surface area contributed by atoms with Gasteiger partial charge in [-0.15, -0.1) is 0 Å². The van der Waals surface area contributed by atoms with Crippen molar-refractivity contribution in [2.45, 2.75) is 37.8 Å². The van der Waals surface area contributed by atoms with E-state index in [1.54, 1.807) is 24.8 Å². The van der Waals surface area contributed by atoms with Crippen molar-refractivity contribution in [3.8, 4) is 22.8 Å². The summed E-state index contributed by atoms with van der Waals surface area (Å²) in [6, 6.07) is 20.7. The van der Waals surface area contributed by atoms with Crippen LogP contribution in [0.4, 0.5) is 0 Å². The molecule has 41 heavy (non-hydrogen) atoms. The minimum absolute atomic E-state index is 0. The zero-order valence-corrected chi connectivity index (χ0v) is 25.5. The monoisotopic (exact) mass is 759 g/mol. The Morgan fingerprint density at radius 2 is 0.805 bits per heavy atom. The van der Waals surface area contributed by atoms with Crippen LogP contribution in [-0.2, 0) is 50.4 Å². The number of rotatable bonds is 9. The number of nitrogens with one attached hydrogen (secondary N) is 2. The first-order chi connectivity index (χ1) is 18.4. The summed E-state index contributed by atoms with van der Waals surface area (Å²) >= 11 is 0. The molecular formula is C28H28ClN6O4Pd2-. The van der Waals surface area contributed by atoms with E-state index in [4.69, 9.17) is 11.5 Å². The van der Waals surface area contributed by atoms with E-state index in [0.29, 0.717) is 12.8 Å². The van der Waals surface area contributed by atoms with Gasteiger partial charge in [-0.05, 0) is 48.5 Å². The van der Waals surface area contributed by atoms with Gasteiger partial charge in [-0.1, -0.05) is 62.0 Å². The second kappa shape index (κ2) is 23.7. The molecule has 2 unspecified atom stereocenters. The maximum Gasteiger partial charge on any atom is 2.00 e. The van der Waals surface area contributed by atoms with Gasteiger partial charge in [0.1, 0.15) is 0 Å². The Kier molecular flexibility index (Phi) is 23.3. The van der Waals surface area contributed by atoms with E-state index in [1.165, 1.54) is 0 Å². The average molecular weight is 761 g/mol. The van der Waals surface area contributed by atoms with Gasteiger partial charge >= 0.3 is 40.8 Å². The summed E-state index contributed by atoms with van der Waals surface area (Å²) in [6.45, 7) is 0. The molecule has 4 aromatic heterocycles. The molecule has 2 N–H and O–H groups in total. The van der Waals surface area contributed by atoms with Crippen LogP contribution in [0.5, 0.6) is 0 Å². The zero-order valence-electron chi connectivity index (χ0n) is 21.7. The summed E-state index contributed by atoms with van der Waals surface area (Å²) in [5, 5.41) is 20.2. The van der Waals surface area contributed by atoms with Gasteiger partial charge in [0.25, 0.3) is 0 Å². The van der Waals surface area contributed by atoms with Gasteiger partial charge in [0.15, 0.2) is 0 Å². The molecule has 0 bridgehead atoms. The molecule has 0 saturated heterocycles. The summed E-state index contributed by atoms with van der Waals surface area (Å²) in [6.07, 6.45) is 8.14. The molecular weight excluding hydrogens is 733 g/mol. The van der Waals surface area contributed by atoms with E-state index < -0.39 is 24.0 Å². The van der Waals surface area contributed by atoms with Crippen molar-refractivity contribution in [1.82, 2.24) is 19.9 Å². The van der Waals surface area contributed by atoms with Crippen molar-refractivity contribution in [2.75, 3.05) is 0 Å². The zero-order chi connectivity index (χ0) is 27.6. The van der Waals surface area contributed by atoms with E-state index in [0.717, 1.165) is 22.8 Å². The summed E-state index contributed by atoms with van der Waals surface area (Å²) in [7, 11) is 0. The van der Waals surface area contributed by atoms with Gasteiger partial charge in [0, 0.05) is 36.7 Å². The fraction of sp³-hybridized carbons (Fsp3) is 0.214. The molecule has 0 spiro atoms. The molecule has 0 aliphatic rings. The van der Waals surface area contributed by atoms with Crippen molar-refractivity contribution < 1.29 is 73.1 Å². The van der Waals surface area contributed by atoms with E-state index in [-0.39, 0.29) is 66.1 Å². The van der Waals surface area contributed by atoms with E-state index >= 15 is 0 Å². The number of aliphatic carboxylic acids is 2. The Morgan fingerprint density at radius 1 is 0.561 bits per heavy atom. The second-order valence-electron chi connectivity index (χ2n) is 7.89. The average Bonchev–Trinajstić information content (AvgIpc) is 2.97. The molecule has 0 aliphatic carbocycles. The number of carbonyl (C=O) groups is 2. The van der Waals surface area contributed by atoms with Crippen LogP contribution in [-0.4, -0.2) is 44.0 Å². The minimum Gasteiger partial charge on any atom is -1.00 e. The van der Waals surface area contributed by atoms with Crippen LogP contribution in [0.3, 0.4) is 0 Å². The Morgan fingerprint density at radius 3 is 0.976 bits per heavy atom. The van der Waals surface area contributed by atoms with Crippen LogP contribution in [0.15, 0.2) is 97.6 Å². The second-order valence-corrected chi connectivity index (χ2v) is 7.89. The predicted molar refractivity (Wildman–Crippen MR) is 140 cm³/mol. The predicted octanol–water partition coefficient (Wildman–Crippen LogP) is 0.174. The molecule has 2 atom stereocenters. The largest absolute Gasteiger partial charge is 2.00 e. The molecule has 4 rings (SSSR count). The molecule has 222 valence electrons. The van der Waals surface area contributed by atoms with Crippen LogP contribution >= 0.6 is 0 Å². The molecule has 4 heterocycles. The number of hydrogen-bond acceptors (Lipinski definition) is 8. The Balaban J connectivity index is 0. The number of carboxylic acids is 2. The fourth-order valence-corrected chi connectivity index (χ4v) is 2.99. The molecule has 0 aromatic carbocycles. The third-order valence-corrected chi connectivity index (χ3v) is 4.99. The van der Waals surface area contributed by atoms with Gasteiger partial charge in [-0.2, -0.15) is 0 Å². The number of nitrogens with zero attached hydrogens (tertiary/aromatic N) is 4. The van der Waals surface area contributed by atoms with E-state index in [2.05, 4.69) is 19.9 Å². The first kappa shape index (κ1) is 40.2. The summed E-state index contributed by atoms with van der Waals surface area (Å²) in [4.78, 5) is 36.9. The number of carbonyl (C=O) groups excluding carboxylic acids is 2. The molecule has 4 aromatic rings. The van der Waals surface area contributed by atoms with Crippen LogP contribution < -0.4 is 22.6 Å². The SMILES string of the molecule is [Cl-].[NH-]C(CCCCC([NH-])C(=O)[O-])C(=O)[O-].[Pd+2].[Pd+2].c1ccc(-c2ccccn2)nc1.c1ccc(-c2ccccn2)nc1. The van der Waals surface area contributed by atoms with Crippen molar-refractivity contribution in [3.63, 3.8) is 0 Å². The summed E-state index contributed by atoms with van der Waals surface area (Å²) < 4.78 is 0. The van der Waals surface area contributed by atoms with Crippen LogP contribution in [0.25, 0.3) is 34.2 Å². The maximum atomic E-state index is 10.1. The third kappa shape index (κ3) is 16.8. The van der Waals surface area contributed by atoms with E-state index in [9.17, 15) is 19.8 Å². The Bertz CT molecular complexity index is 1050. The van der Waals surface area contributed by atoms with Crippen molar-refractivity contribution in [3.05, 3.63) is 109 Å². The van der Waals surface area contributed by atoms with Gasteiger partial charge in [0.05, 0.1) is 22.8 Å². The molecule has 0 saturated carbocycles. The topological polar surface area (TPSA) is 179 Å². The summed E-state index contributed by atoms with van der Waals surface area (Å²) in [5.41, 5.74) is 17.6. The third-order valence-electron chi connectivity index (χ3n) is 4.99. The number of hydrogen-bond donors (Lipinski definition) is 0. The van der Waals surface area contributed by atoms with Gasteiger partial charge in [-0.3, -0.25) is 19.9 Å². The maximum absolute atomic E-state index is 10.1.